The number of anilines is 2. The first-order valence-corrected chi connectivity index (χ1v) is 9.60. The van der Waals surface area contributed by atoms with Crippen molar-refractivity contribution in [2.24, 2.45) is 0 Å². The van der Waals surface area contributed by atoms with Crippen LogP contribution in [0.15, 0.2) is 42.5 Å². The molecule has 0 unspecified atom stereocenters. The van der Waals surface area contributed by atoms with Crippen LogP contribution in [0.4, 0.5) is 29.3 Å². The molecule has 9 heteroatoms. The monoisotopic (exact) mass is 418 g/mol. The number of carbonyl (C=O) groups excluding carboxylic acids is 2. The van der Waals surface area contributed by atoms with Gasteiger partial charge in [-0.3, -0.25) is 4.79 Å². The van der Waals surface area contributed by atoms with Crippen molar-refractivity contribution in [3.63, 3.8) is 0 Å². The van der Waals surface area contributed by atoms with Crippen molar-refractivity contribution in [2.45, 2.75) is 31.6 Å². The molecule has 30 heavy (non-hydrogen) atoms. The molecule has 4 rings (SSSR count). The molecule has 1 fully saturated rings. The lowest BCUT2D eigenvalue weighted by atomic mass is 9.92. The number of amides is 3. The van der Waals surface area contributed by atoms with Gasteiger partial charge in [0.05, 0.1) is 11.1 Å². The zero-order chi connectivity index (χ0) is 21.5. The van der Waals surface area contributed by atoms with Crippen molar-refractivity contribution in [2.75, 3.05) is 23.7 Å². The molecule has 0 saturated carbocycles. The standard InChI is InChI=1S/C21H21F3N4O2/c1-13-5-6-17-16(11-13)18(29)27-20(26-17)7-9-28(10-8-20)19(30)25-15-4-2-3-14(12-15)21(22,23)24/h2-6,11-12,26H,7-10H2,1H3,(H,25,30)(H,27,29). The minimum absolute atomic E-state index is 0.0866. The lowest BCUT2D eigenvalue weighted by Gasteiger charge is -2.45. The Hall–Kier alpha value is -3.23. The van der Waals surface area contributed by atoms with E-state index in [1.165, 1.54) is 17.0 Å². The molecule has 0 aromatic heterocycles. The summed E-state index contributed by atoms with van der Waals surface area (Å²) >= 11 is 0. The number of nitrogens with zero attached hydrogens (tertiary/aromatic N) is 1. The average molecular weight is 418 g/mol. The van der Waals surface area contributed by atoms with E-state index in [9.17, 15) is 22.8 Å². The molecule has 1 spiro atoms. The van der Waals surface area contributed by atoms with Crippen LogP contribution in [0.1, 0.15) is 34.3 Å². The minimum Gasteiger partial charge on any atom is -0.362 e. The van der Waals surface area contributed by atoms with Gasteiger partial charge in [0.25, 0.3) is 5.91 Å². The number of fused-ring (bicyclic) bond motifs is 1. The van der Waals surface area contributed by atoms with Crippen molar-refractivity contribution in [3.8, 4) is 0 Å². The van der Waals surface area contributed by atoms with E-state index in [4.69, 9.17) is 0 Å². The Bertz CT molecular complexity index is 998. The third-order valence-electron chi connectivity index (χ3n) is 5.49. The number of carbonyl (C=O) groups is 2. The van der Waals surface area contributed by atoms with E-state index in [1.54, 1.807) is 0 Å². The van der Waals surface area contributed by atoms with Crippen LogP contribution in [0.5, 0.6) is 0 Å². The number of hydrogen-bond donors (Lipinski definition) is 3. The smallest absolute Gasteiger partial charge is 0.362 e. The second-order valence-electron chi connectivity index (χ2n) is 7.71. The third kappa shape index (κ3) is 3.92. The highest BCUT2D eigenvalue weighted by atomic mass is 19.4. The second-order valence-corrected chi connectivity index (χ2v) is 7.71. The summed E-state index contributed by atoms with van der Waals surface area (Å²) < 4.78 is 38.6. The lowest BCUT2D eigenvalue weighted by Crippen LogP contribution is -2.63. The Morgan fingerprint density at radius 1 is 1.10 bits per heavy atom. The summed E-state index contributed by atoms with van der Waals surface area (Å²) in [5.41, 5.74) is 0.954. The van der Waals surface area contributed by atoms with Crippen molar-refractivity contribution in [1.82, 2.24) is 10.2 Å². The van der Waals surface area contributed by atoms with Gasteiger partial charge in [-0.1, -0.05) is 17.7 Å². The number of benzene rings is 2. The maximum absolute atomic E-state index is 12.9. The molecule has 3 N–H and O–H groups in total. The first-order chi connectivity index (χ1) is 14.2. The number of urea groups is 1. The Labute approximate surface area is 171 Å². The zero-order valence-electron chi connectivity index (χ0n) is 16.3. The van der Waals surface area contributed by atoms with Gasteiger partial charge in [-0.25, -0.2) is 4.79 Å². The Morgan fingerprint density at radius 3 is 2.53 bits per heavy atom. The number of halogens is 3. The maximum Gasteiger partial charge on any atom is 0.416 e. The normalized spacial score (nSPS) is 17.7. The Morgan fingerprint density at radius 2 is 1.83 bits per heavy atom. The summed E-state index contributed by atoms with van der Waals surface area (Å²) in [6, 6.07) is 9.69. The van der Waals surface area contributed by atoms with Crippen LogP contribution in [0, 0.1) is 6.92 Å². The fourth-order valence-corrected chi connectivity index (χ4v) is 3.85. The largest absolute Gasteiger partial charge is 0.416 e. The zero-order valence-corrected chi connectivity index (χ0v) is 16.3. The molecular formula is C21H21F3N4O2. The first kappa shape index (κ1) is 20.1. The van der Waals surface area contributed by atoms with Crippen molar-refractivity contribution < 1.29 is 22.8 Å². The number of piperidine rings is 1. The van der Waals surface area contributed by atoms with Gasteiger partial charge in [0.1, 0.15) is 5.66 Å². The highest BCUT2D eigenvalue weighted by Crippen LogP contribution is 2.33. The molecule has 0 bridgehead atoms. The van der Waals surface area contributed by atoms with E-state index in [0.29, 0.717) is 31.5 Å². The van der Waals surface area contributed by atoms with Crippen molar-refractivity contribution >= 4 is 23.3 Å². The molecule has 0 aliphatic carbocycles. The molecule has 2 aromatic rings. The molecule has 2 heterocycles. The fourth-order valence-electron chi connectivity index (χ4n) is 3.85. The summed E-state index contributed by atoms with van der Waals surface area (Å²) in [6.45, 7) is 2.61. The first-order valence-electron chi connectivity index (χ1n) is 9.60. The molecule has 2 aliphatic heterocycles. The van der Waals surface area contributed by atoms with Gasteiger partial charge in [0.15, 0.2) is 0 Å². The molecule has 6 nitrogen and oxygen atoms in total. The molecule has 2 aromatic carbocycles. The molecular weight excluding hydrogens is 397 g/mol. The molecule has 0 radical (unpaired) electrons. The van der Waals surface area contributed by atoms with Crippen LogP contribution in [0.3, 0.4) is 0 Å². The van der Waals surface area contributed by atoms with E-state index in [0.717, 1.165) is 23.4 Å². The quantitative estimate of drug-likeness (QED) is 0.650. The number of aryl methyl sites for hydroxylation is 1. The SMILES string of the molecule is Cc1ccc2c(c1)C(=O)NC1(CCN(C(=O)Nc3cccc(C(F)(F)F)c3)CC1)N2. The van der Waals surface area contributed by atoms with E-state index >= 15 is 0 Å². The van der Waals surface area contributed by atoms with Gasteiger partial charge < -0.3 is 20.9 Å². The van der Waals surface area contributed by atoms with Crippen LogP contribution < -0.4 is 16.0 Å². The van der Waals surface area contributed by atoms with Crippen LogP contribution >= 0.6 is 0 Å². The predicted molar refractivity (Wildman–Crippen MR) is 106 cm³/mol. The number of likely N-dealkylation sites (tertiary alicyclic amines) is 1. The predicted octanol–water partition coefficient (Wildman–Crippen LogP) is 4.19. The Kier molecular flexibility index (Phi) is 4.83. The summed E-state index contributed by atoms with van der Waals surface area (Å²) in [7, 11) is 0. The second kappa shape index (κ2) is 7.23. The van der Waals surface area contributed by atoms with Gasteiger partial charge in [-0.15, -0.1) is 0 Å². The molecule has 0 atom stereocenters. The van der Waals surface area contributed by atoms with Crippen LogP contribution in [-0.4, -0.2) is 35.6 Å². The van der Waals surface area contributed by atoms with Crippen LogP contribution in [0.25, 0.3) is 0 Å². The van der Waals surface area contributed by atoms with Gasteiger partial charge in [-0.05, 0) is 37.3 Å². The molecule has 3 amide bonds. The van der Waals surface area contributed by atoms with Gasteiger partial charge in [0.2, 0.25) is 0 Å². The van der Waals surface area contributed by atoms with Crippen molar-refractivity contribution in [3.05, 3.63) is 59.2 Å². The van der Waals surface area contributed by atoms with Crippen LogP contribution in [0.2, 0.25) is 0 Å². The molecule has 2 aliphatic rings. The van der Waals surface area contributed by atoms with Crippen molar-refractivity contribution in [1.29, 1.82) is 0 Å². The highest BCUT2D eigenvalue weighted by Gasteiger charge is 2.41. The fraction of sp³-hybridized carbons (Fsp3) is 0.333. The lowest BCUT2D eigenvalue weighted by molar-refractivity contribution is -0.137. The number of hydrogen-bond acceptors (Lipinski definition) is 3. The summed E-state index contributed by atoms with van der Waals surface area (Å²) in [5, 5.41) is 8.93. The molecule has 158 valence electrons. The number of alkyl halides is 3. The van der Waals surface area contributed by atoms with E-state index in [2.05, 4.69) is 16.0 Å². The van der Waals surface area contributed by atoms with E-state index < -0.39 is 23.4 Å². The highest BCUT2D eigenvalue weighted by molar-refractivity contribution is 6.02. The summed E-state index contributed by atoms with van der Waals surface area (Å²) in [6.07, 6.45) is -3.53. The topological polar surface area (TPSA) is 73.5 Å². The van der Waals surface area contributed by atoms with E-state index in [-0.39, 0.29) is 11.6 Å². The summed E-state index contributed by atoms with van der Waals surface area (Å²) in [5.74, 6) is -0.158. The van der Waals surface area contributed by atoms with Crippen LogP contribution in [-0.2, 0) is 6.18 Å². The van der Waals surface area contributed by atoms with Gasteiger partial charge >= 0.3 is 12.2 Å². The van der Waals surface area contributed by atoms with Gasteiger partial charge in [0, 0.05) is 37.3 Å². The van der Waals surface area contributed by atoms with E-state index in [1.807, 2.05) is 25.1 Å². The minimum atomic E-state index is -4.47. The Balaban J connectivity index is 1.41. The summed E-state index contributed by atoms with van der Waals surface area (Å²) in [4.78, 5) is 26.6. The number of rotatable bonds is 1. The van der Waals surface area contributed by atoms with Gasteiger partial charge in [-0.2, -0.15) is 13.2 Å². The number of nitrogens with one attached hydrogen (secondary N) is 3. The average Bonchev–Trinajstić information content (AvgIpc) is 2.69. The molecule has 1 saturated heterocycles. The maximum atomic E-state index is 12.9. The third-order valence-corrected chi connectivity index (χ3v) is 5.49.